The van der Waals surface area contributed by atoms with Gasteiger partial charge in [0.2, 0.25) is 0 Å². The summed E-state index contributed by atoms with van der Waals surface area (Å²) in [6.07, 6.45) is 6.33. The van der Waals surface area contributed by atoms with Crippen molar-refractivity contribution < 1.29 is 9.90 Å². The highest BCUT2D eigenvalue weighted by atomic mass is 16.4. The Morgan fingerprint density at radius 2 is 2.06 bits per heavy atom. The molecule has 1 saturated carbocycles. The first-order chi connectivity index (χ1) is 8.01. The summed E-state index contributed by atoms with van der Waals surface area (Å²) in [5.74, 6) is -0.203. The predicted molar refractivity (Wildman–Crippen MR) is 61.7 cm³/mol. The summed E-state index contributed by atoms with van der Waals surface area (Å²) in [4.78, 5) is 15.5. The van der Waals surface area contributed by atoms with Crippen molar-refractivity contribution in [3.05, 3.63) is 17.7 Å². The van der Waals surface area contributed by atoms with Crippen LogP contribution in [0.15, 0.2) is 6.20 Å². The summed E-state index contributed by atoms with van der Waals surface area (Å²) in [5.41, 5.74) is -0.191. The van der Waals surface area contributed by atoms with Gasteiger partial charge in [-0.2, -0.15) is 5.10 Å². The van der Waals surface area contributed by atoms with Gasteiger partial charge in [-0.1, -0.05) is 12.8 Å². The molecule has 0 amide bonds. The minimum Gasteiger partial charge on any atom is -0.481 e. The molecule has 1 fully saturated rings. The molecule has 0 bridgehead atoms. The molecule has 1 aromatic rings. The van der Waals surface area contributed by atoms with E-state index in [4.69, 9.17) is 5.11 Å². The first kappa shape index (κ1) is 12.0. The molecule has 0 radical (unpaired) electrons. The molecule has 1 aliphatic rings. The lowest BCUT2D eigenvalue weighted by atomic mass is 9.92. The highest BCUT2D eigenvalue weighted by Gasteiger charge is 2.34. The van der Waals surface area contributed by atoms with Crippen molar-refractivity contribution in [3.63, 3.8) is 0 Å². The molecule has 0 saturated heterocycles. The number of carbonyl (C=O) groups is 1. The molecule has 92 valence electrons. The van der Waals surface area contributed by atoms with Gasteiger partial charge in [0.05, 0.1) is 11.9 Å². The van der Waals surface area contributed by atoms with Gasteiger partial charge in [0.1, 0.15) is 5.41 Å². The van der Waals surface area contributed by atoms with Crippen LogP contribution in [0, 0.1) is 0 Å². The Morgan fingerprint density at radius 1 is 1.41 bits per heavy atom. The number of hydrogen-bond acceptors (Lipinski definition) is 4. The zero-order valence-electron chi connectivity index (χ0n) is 10.2. The Morgan fingerprint density at radius 3 is 2.65 bits per heavy atom. The topological polar surface area (TPSA) is 76.0 Å². The van der Waals surface area contributed by atoms with Crippen molar-refractivity contribution in [1.82, 2.24) is 15.2 Å². The normalized spacial score (nSPS) is 17.3. The van der Waals surface area contributed by atoms with E-state index in [1.165, 1.54) is 12.8 Å². The van der Waals surface area contributed by atoms with Crippen LogP contribution < -0.4 is 0 Å². The second kappa shape index (κ2) is 4.39. The lowest BCUT2D eigenvalue weighted by Gasteiger charge is -2.18. The lowest BCUT2D eigenvalue weighted by molar-refractivity contribution is -0.142. The summed E-state index contributed by atoms with van der Waals surface area (Å²) in [5, 5.41) is 16.9. The summed E-state index contributed by atoms with van der Waals surface area (Å²) in [6, 6.07) is 0. The fourth-order valence-corrected chi connectivity index (χ4v) is 2.09. The average molecular weight is 235 g/mol. The van der Waals surface area contributed by atoms with E-state index in [0.29, 0.717) is 11.7 Å². The van der Waals surface area contributed by atoms with Gasteiger partial charge >= 0.3 is 5.97 Å². The van der Waals surface area contributed by atoms with Crippen LogP contribution in [0.5, 0.6) is 0 Å². The van der Waals surface area contributed by atoms with E-state index < -0.39 is 11.4 Å². The Kier molecular flexibility index (Phi) is 3.09. The number of aliphatic carboxylic acids is 1. The van der Waals surface area contributed by atoms with E-state index >= 15 is 0 Å². The average Bonchev–Trinajstić information content (AvgIpc) is 2.82. The van der Waals surface area contributed by atoms with E-state index in [0.717, 1.165) is 18.5 Å². The van der Waals surface area contributed by atoms with Gasteiger partial charge < -0.3 is 5.11 Å². The minimum absolute atomic E-state index is 0.300. The van der Waals surface area contributed by atoms with E-state index in [-0.39, 0.29) is 0 Å². The highest BCUT2D eigenvalue weighted by Crippen LogP contribution is 2.33. The van der Waals surface area contributed by atoms with Crippen molar-refractivity contribution in [2.75, 3.05) is 0 Å². The quantitative estimate of drug-likeness (QED) is 0.865. The van der Waals surface area contributed by atoms with Gasteiger partial charge in [-0.25, -0.2) is 4.98 Å². The number of carboxylic acids is 1. The van der Waals surface area contributed by atoms with Gasteiger partial charge in [0, 0.05) is 5.92 Å². The SMILES string of the molecule is CC(C)(C(=O)O)c1nncc(C2CCCC2)n1. The Labute approximate surface area is 100 Å². The molecule has 1 aliphatic carbocycles. The molecule has 5 heteroatoms. The molecule has 1 aromatic heterocycles. The molecule has 1 heterocycles. The molecule has 5 nitrogen and oxygen atoms in total. The molecule has 1 N–H and O–H groups in total. The van der Waals surface area contributed by atoms with Crippen LogP contribution >= 0.6 is 0 Å². The third-order valence-corrected chi connectivity index (χ3v) is 3.44. The maximum absolute atomic E-state index is 11.1. The second-order valence-corrected chi connectivity index (χ2v) is 5.12. The molecule has 0 spiro atoms. The lowest BCUT2D eigenvalue weighted by Crippen LogP contribution is -2.31. The zero-order chi connectivity index (χ0) is 12.5. The van der Waals surface area contributed by atoms with Crippen molar-refractivity contribution in [1.29, 1.82) is 0 Å². The molecular weight excluding hydrogens is 218 g/mol. The maximum atomic E-state index is 11.1. The number of nitrogens with zero attached hydrogens (tertiary/aromatic N) is 3. The van der Waals surface area contributed by atoms with Gasteiger partial charge in [-0.15, -0.1) is 5.10 Å². The van der Waals surface area contributed by atoms with Gasteiger partial charge in [-0.3, -0.25) is 4.79 Å². The van der Waals surface area contributed by atoms with E-state index in [9.17, 15) is 4.79 Å². The van der Waals surface area contributed by atoms with Crippen LogP contribution in [0.4, 0.5) is 0 Å². The van der Waals surface area contributed by atoms with Gasteiger partial charge in [0.25, 0.3) is 0 Å². The Bertz CT molecular complexity index is 426. The summed E-state index contributed by atoms with van der Waals surface area (Å²) in [6.45, 7) is 3.20. The molecule has 2 rings (SSSR count). The van der Waals surface area contributed by atoms with Crippen molar-refractivity contribution >= 4 is 5.97 Å². The first-order valence-corrected chi connectivity index (χ1v) is 5.95. The third-order valence-electron chi connectivity index (χ3n) is 3.44. The van der Waals surface area contributed by atoms with E-state index in [1.807, 2.05) is 0 Å². The molecule has 17 heavy (non-hydrogen) atoms. The minimum atomic E-state index is -1.08. The number of rotatable bonds is 3. The standard InChI is InChI=1S/C12H17N3O2/c1-12(2,11(16)17)10-14-9(7-13-15-10)8-5-3-4-6-8/h7-8H,3-6H2,1-2H3,(H,16,17). The van der Waals surface area contributed by atoms with E-state index in [1.54, 1.807) is 20.0 Å². The first-order valence-electron chi connectivity index (χ1n) is 5.95. The third kappa shape index (κ3) is 2.28. The molecule has 0 aromatic carbocycles. The van der Waals surface area contributed by atoms with Crippen molar-refractivity contribution in [2.24, 2.45) is 0 Å². The molecular formula is C12H17N3O2. The molecule has 0 unspecified atom stereocenters. The van der Waals surface area contributed by atoms with Crippen LogP contribution in [0.1, 0.15) is 57.0 Å². The van der Waals surface area contributed by atoms with Crippen LogP contribution in [0.25, 0.3) is 0 Å². The van der Waals surface area contributed by atoms with Crippen LogP contribution in [-0.2, 0) is 10.2 Å². The molecule has 0 aliphatic heterocycles. The van der Waals surface area contributed by atoms with Gasteiger partial charge in [-0.05, 0) is 26.7 Å². The van der Waals surface area contributed by atoms with Crippen LogP contribution in [0.2, 0.25) is 0 Å². The van der Waals surface area contributed by atoms with Crippen molar-refractivity contribution in [3.8, 4) is 0 Å². The fourth-order valence-electron chi connectivity index (χ4n) is 2.09. The number of hydrogen-bond donors (Lipinski definition) is 1. The predicted octanol–water partition coefficient (Wildman–Crippen LogP) is 1.89. The zero-order valence-corrected chi connectivity index (χ0v) is 10.2. The van der Waals surface area contributed by atoms with Crippen LogP contribution in [0.3, 0.4) is 0 Å². The van der Waals surface area contributed by atoms with Crippen molar-refractivity contribution in [2.45, 2.75) is 50.9 Å². The Hall–Kier alpha value is -1.52. The largest absolute Gasteiger partial charge is 0.481 e. The summed E-state index contributed by atoms with van der Waals surface area (Å²) < 4.78 is 0. The smallest absolute Gasteiger partial charge is 0.316 e. The van der Waals surface area contributed by atoms with E-state index in [2.05, 4.69) is 15.2 Å². The monoisotopic (exact) mass is 235 g/mol. The molecule has 0 atom stereocenters. The summed E-state index contributed by atoms with van der Waals surface area (Å²) in [7, 11) is 0. The summed E-state index contributed by atoms with van der Waals surface area (Å²) >= 11 is 0. The van der Waals surface area contributed by atoms with Gasteiger partial charge in [0.15, 0.2) is 5.82 Å². The van der Waals surface area contributed by atoms with Crippen LogP contribution in [-0.4, -0.2) is 26.3 Å². The maximum Gasteiger partial charge on any atom is 0.316 e. The second-order valence-electron chi connectivity index (χ2n) is 5.12. The number of aromatic nitrogens is 3. The fraction of sp³-hybridized carbons (Fsp3) is 0.667. The highest BCUT2D eigenvalue weighted by molar-refractivity contribution is 5.78. The number of carboxylic acid groups (broad SMARTS) is 1. The Balaban J connectivity index is 2.31.